The predicted octanol–water partition coefficient (Wildman–Crippen LogP) is 0.785. The average Bonchev–Trinajstić information content (AvgIpc) is 2.69. The van der Waals surface area contributed by atoms with Gasteiger partial charge in [-0.1, -0.05) is 0 Å². The van der Waals surface area contributed by atoms with Gasteiger partial charge in [0.1, 0.15) is 0 Å². The molecular formula is C11H21NO3. The first-order valence-electron chi connectivity index (χ1n) is 5.46. The molecule has 0 aliphatic carbocycles. The van der Waals surface area contributed by atoms with Gasteiger partial charge in [0.15, 0.2) is 0 Å². The van der Waals surface area contributed by atoms with Crippen molar-refractivity contribution in [2.45, 2.75) is 44.8 Å². The molecule has 1 atom stereocenters. The standard InChI is InChI=1S/C11H21NO3/c1-11(2,8-13)12(3)10(14)7-9-5-4-6-15-9/h9,13H,4-8H2,1-3H3. The van der Waals surface area contributed by atoms with E-state index in [-0.39, 0.29) is 18.6 Å². The molecule has 1 aliphatic heterocycles. The van der Waals surface area contributed by atoms with Gasteiger partial charge in [0, 0.05) is 13.7 Å². The van der Waals surface area contributed by atoms with Crippen LogP contribution in [-0.2, 0) is 9.53 Å². The highest BCUT2D eigenvalue weighted by Crippen LogP contribution is 2.19. The number of rotatable bonds is 4. The van der Waals surface area contributed by atoms with Crippen LogP contribution in [0, 0.1) is 0 Å². The van der Waals surface area contributed by atoms with Crippen molar-refractivity contribution in [3.05, 3.63) is 0 Å². The van der Waals surface area contributed by atoms with Crippen LogP contribution in [0.5, 0.6) is 0 Å². The van der Waals surface area contributed by atoms with Gasteiger partial charge in [-0.25, -0.2) is 0 Å². The lowest BCUT2D eigenvalue weighted by atomic mass is 10.0. The molecule has 1 amide bonds. The van der Waals surface area contributed by atoms with Crippen LogP contribution in [0.2, 0.25) is 0 Å². The molecule has 88 valence electrons. The number of hydrogen-bond donors (Lipinski definition) is 1. The van der Waals surface area contributed by atoms with Gasteiger partial charge in [0.05, 0.1) is 24.7 Å². The SMILES string of the molecule is CN(C(=O)CC1CCCO1)C(C)(C)CO. The average molecular weight is 215 g/mol. The Morgan fingerprint density at radius 2 is 2.27 bits per heavy atom. The van der Waals surface area contributed by atoms with Gasteiger partial charge < -0.3 is 14.7 Å². The molecule has 1 heterocycles. The van der Waals surface area contributed by atoms with E-state index in [2.05, 4.69) is 0 Å². The van der Waals surface area contributed by atoms with Crippen molar-refractivity contribution in [3.63, 3.8) is 0 Å². The summed E-state index contributed by atoms with van der Waals surface area (Å²) in [5, 5.41) is 9.15. The maximum atomic E-state index is 11.8. The van der Waals surface area contributed by atoms with E-state index >= 15 is 0 Å². The molecule has 0 aromatic carbocycles. The summed E-state index contributed by atoms with van der Waals surface area (Å²) in [4.78, 5) is 13.4. The van der Waals surface area contributed by atoms with Crippen LogP contribution in [0.1, 0.15) is 33.1 Å². The van der Waals surface area contributed by atoms with Crippen molar-refractivity contribution >= 4 is 5.91 Å². The Hall–Kier alpha value is -0.610. The number of nitrogens with zero attached hydrogens (tertiary/aromatic N) is 1. The monoisotopic (exact) mass is 215 g/mol. The summed E-state index contributed by atoms with van der Waals surface area (Å²) < 4.78 is 5.41. The van der Waals surface area contributed by atoms with Crippen molar-refractivity contribution in [2.24, 2.45) is 0 Å². The number of hydrogen-bond acceptors (Lipinski definition) is 3. The molecule has 1 saturated heterocycles. The third-order valence-corrected chi connectivity index (χ3v) is 3.10. The van der Waals surface area contributed by atoms with Crippen LogP contribution < -0.4 is 0 Å². The van der Waals surface area contributed by atoms with Crippen molar-refractivity contribution in [3.8, 4) is 0 Å². The minimum Gasteiger partial charge on any atom is -0.394 e. The highest BCUT2D eigenvalue weighted by atomic mass is 16.5. The zero-order valence-corrected chi connectivity index (χ0v) is 9.82. The zero-order chi connectivity index (χ0) is 11.5. The van der Waals surface area contributed by atoms with Gasteiger partial charge in [0.25, 0.3) is 0 Å². The van der Waals surface area contributed by atoms with E-state index in [1.54, 1.807) is 11.9 Å². The number of aliphatic hydroxyl groups is 1. The first-order valence-corrected chi connectivity index (χ1v) is 5.46. The lowest BCUT2D eigenvalue weighted by Crippen LogP contribution is -2.48. The van der Waals surface area contributed by atoms with E-state index in [4.69, 9.17) is 9.84 Å². The van der Waals surface area contributed by atoms with Crippen molar-refractivity contribution in [1.82, 2.24) is 4.90 Å². The minimum absolute atomic E-state index is 0.0270. The second-order valence-electron chi connectivity index (χ2n) is 4.76. The molecule has 0 aromatic heterocycles. The molecule has 1 unspecified atom stereocenters. The second-order valence-corrected chi connectivity index (χ2v) is 4.76. The van der Waals surface area contributed by atoms with Crippen LogP contribution >= 0.6 is 0 Å². The summed E-state index contributed by atoms with van der Waals surface area (Å²) in [6.07, 6.45) is 2.53. The van der Waals surface area contributed by atoms with Crippen LogP contribution in [0.3, 0.4) is 0 Å². The normalized spacial score (nSPS) is 21.7. The van der Waals surface area contributed by atoms with E-state index in [0.29, 0.717) is 6.42 Å². The minimum atomic E-state index is -0.490. The number of carbonyl (C=O) groups excluding carboxylic acids is 1. The number of aliphatic hydroxyl groups excluding tert-OH is 1. The molecule has 1 fully saturated rings. The predicted molar refractivity (Wildman–Crippen MR) is 57.5 cm³/mol. The first-order chi connectivity index (χ1) is 6.97. The fourth-order valence-corrected chi connectivity index (χ4v) is 1.58. The van der Waals surface area contributed by atoms with E-state index < -0.39 is 5.54 Å². The maximum absolute atomic E-state index is 11.8. The summed E-state index contributed by atoms with van der Waals surface area (Å²) in [6.45, 7) is 4.44. The molecule has 1 rings (SSSR count). The van der Waals surface area contributed by atoms with Gasteiger partial charge in [-0.2, -0.15) is 0 Å². The van der Waals surface area contributed by atoms with Gasteiger partial charge >= 0.3 is 0 Å². The van der Waals surface area contributed by atoms with Gasteiger partial charge in [-0.15, -0.1) is 0 Å². The molecule has 0 spiro atoms. The van der Waals surface area contributed by atoms with E-state index in [1.807, 2.05) is 13.8 Å². The topological polar surface area (TPSA) is 49.8 Å². The summed E-state index contributed by atoms with van der Waals surface area (Å²) in [5.74, 6) is 0.0425. The Kier molecular flexibility index (Phi) is 4.11. The molecule has 15 heavy (non-hydrogen) atoms. The summed E-state index contributed by atoms with van der Waals surface area (Å²) in [5.41, 5.74) is -0.490. The summed E-state index contributed by atoms with van der Waals surface area (Å²) in [6, 6.07) is 0. The highest BCUT2D eigenvalue weighted by Gasteiger charge is 2.29. The quantitative estimate of drug-likeness (QED) is 0.754. The lowest BCUT2D eigenvalue weighted by Gasteiger charge is -2.34. The van der Waals surface area contributed by atoms with E-state index in [9.17, 15) is 4.79 Å². The van der Waals surface area contributed by atoms with Crippen molar-refractivity contribution < 1.29 is 14.6 Å². The number of likely N-dealkylation sites (N-methyl/N-ethyl adjacent to an activating group) is 1. The van der Waals surface area contributed by atoms with E-state index in [1.165, 1.54) is 0 Å². The summed E-state index contributed by atoms with van der Waals surface area (Å²) in [7, 11) is 1.73. The smallest absolute Gasteiger partial charge is 0.225 e. The third-order valence-electron chi connectivity index (χ3n) is 3.10. The first kappa shape index (κ1) is 12.5. The maximum Gasteiger partial charge on any atom is 0.225 e. The fourth-order valence-electron chi connectivity index (χ4n) is 1.58. The Morgan fingerprint density at radius 3 is 2.73 bits per heavy atom. The van der Waals surface area contributed by atoms with Gasteiger partial charge in [-0.05, 0) is 26.7 Å². The molecule has 4 nitrogen and oxygen atoms in total. The van der Waals surface area contributed by atoms with Crippen LogP contribution in [-0.4, -0.2) is 47.8 Å². The fraction of sp³-hybridized carbons (Fsp3) is 0.909. The van der Waals surface area contributed by atoms with Crippen LogP contribution in [0.25, 0.3) is 0 Å². The largest absolute Gasteiger partial charge is 0.394 e. The molecule has 1 N–H and O–H groups in total. The molecule has 4 heteroatoms. The van der Waals surface area contributed by atoms with Crippen LogP contribution in [0.15, 0.2) is 0 Å². The third kappa shape index (κ3) is 3.18. The highest BCUT2D eigenvalue weighted by molar-refractivity contribution is 5.77. The number of carbonyl (C=O) groups is 1. The lowest BCUT2D eigenvalue weighted by molar-refractivity contribution is -0.138. The number of amides is 1. The van der Waals surface area contributed by atoms with E-state index in [0.717, 1.165) is 19.4 Å². The van der Waals surface area contributed by atoms with Crippen molar-refractivity contribution in [1.29, 1.82) is 0 Å². The molecule has 0 saturated carbocycles. The van der Waals surface area contributed by atoms with Gasteiger partial charge in [0.2, 0.25) is 5.91 Å². The Morgan fingerprint density at radius 1 is 1.60 bits per heavy atom. The molecule has 0 radical (unpaired) electrons. The second kappa shape index (κ2) is 4.94. The zero-order valence-electron chi connectivity index (χ0n) is 9.82. The van der Waals surface area contributed by atoms with Crippen LogP contribution in [0.4, 0.5) is 0 Å². The Balaban J connectivity index is 2.45. The van der Waals surface area contributed by atoms with Gasteiger partial charge in [-0.3, -0.25) is 4.79 Å². The molecule has 0 bridgehead atoms. The summed E-state index contributed by atoms with van der Waals surface area (Å²) >= 11 is 0. The molecule has 0 aromatic rings. The number of ether oxygens (including phenoxy) is 1. The van der Waals surface area contributed by atoms with Crippen molar-refractivity contribution in [2.75, 3.05) is 20.3 Å². The Labute approximate surface area is 91.2 Å². The molecular weight excluding hydrogens is 194 g/mol. The molecule has 1 aliphatic rings. The Bertz CT molecular complexity index is 222.